The van der Waals surface area contributed by atoms with Gasteiger partial charge in [-0.15, -0.1) is 0 Å². The molecule has 1 aromatic rings. The Morgan fingerprint density at radius 3 is 2.75 bits per heavy atom. The van der Waals surface area contributed by atoms with E-state index in [-0.39, 0.29) is 29.0 Å². The molecular weight excluding hydrogens is 333 g/mol. The number of rotatable bonds is 5. The summed E-state index contributed by atoms with van der Waals surface area (Å²) in [5.74, 6) is -1.14. The second kappa shape index (κ2) is 8.47. The first-order chi connectivity index (χ1) is 11.4. The second-order valence-electron chi connectivity index (χ2n) is 6.39. The van der Waals surface area contributed by atoms with Crippen LogP contribution < -0.4 is 5.32 Å². The fourth-order valence-corrected chi connectivity index (χ4v) is 3.20. The first-order valence-corrected chi connectivity index (χ1v) is 8.69. The lowest BCUT2D eigenvalue weighted by Gasteiger charge is -2.30. The molecule has 132 valence electrons. The van der Waals surface area contributed by atoms with Gasteiger partial charge in [0.1, 0.15) is 5.82 Å². The third-order valence-corrected chi connectivity index (χ3v) is 4.85. The number of ether oxygens (including phenoxy) is 1. The number of nitrogens with one attached hydrogen (secondary N) is 1. The van der Waals surface area contributed by atoms with E-state index < -0.39 is 17.9 Å². The van der Waals surface area contributed by atoms with Gasteiger partial charge in [0.05, 0.1) is 6.42 Å². The van der Waals surface area contributed by atoms with E-state index >= 15 is 0 Å². The van der Waals surface area contributed by atoms with E-state index in [2.05, 4.69) is 12.2 Å². The average Bonchev–Trinajstić information content (AvgIpc) is 2.53. The topological polar surface area (TPSA) is 55.4 Å². The summed E-state index contributed by atoms with van der Waals surface area (Å²) in [6, 6.07) is 4.32. The highest BCUT2D eigenvalue weighted by atomic mass is 35.5. The molecule has 0 saturated heterocycles. The van der Waals surface area contributed by atoms with Crippen LogP contribution in [-0.2, 0) is 20.7 Å². The van der Waals surface area contributed by atoms with E-state index in [1.54, 1.807) is 0 Å². The van der Waals surface area contributed by atoms with Crippen molar-refractivity contribution in [3.63, 3.8) is 0 Å². The van der Waals surface area contributed by atoms with Crippen LogP contribution in [0.5, 0.6) is 0 Å². The van der Waals surface area contributed by atoms with Crippen LogP contribution in [0.15, 0.2) is 18.2 Å². The standard InChI is InChI=1S/C18H23ClFNO3/c1-11-6-3-4-9-16(11)21-18(23)12(2)24-17(22)10-13-14(19)7-5-8-15(13)20/h5,7-8,11-12,16H,3-4,6,9-10H2,1-2H3,(H,21,23)/t11-,12+,16+/m1/s1. The summed E-state index contributed by atoms with van der Waals surface area (Å²) in [7, 11) is 0. The molecule has 0 aromatic heterocycles. The molecule has 1 amide bonds. The fraction of sp³-hybridized carbons (Fsp3) is 0.556. The molecule has 3 atom stereocenters. The first-order valence-electron chi connectivity index (χ1n) is 8.31. The van der Waals surface area contributed by atoms with E-state index in [0.29, 0.717) is 5.92 Å². The zero-order valence-electron chi connectivity index (χ0n) is 14.0. The van der Waals surface area contributed by atoms with Crippen molar-refractivity contribution >= 4 is 23.5 Å². The van der Waals surface area contributed by atoms with Crippen molar-refractivity contribution in [3.8, 4) is 0 Å². The van der Waals surface area contributed by atoms with Gasteiger partial charge in [-0.3, -0.25) is 9.59 Å². The molecule has 1 aliphatic carbocycles. The number of halogens is 2. The highest BCUT2D eigenvalue weighted by Crippen LogP contribution is 2.24. The number of carbonyl (C=O) groups excluding carboxylic acids is 2. The van der Waals surface area contributed by atoms with Crippen LogP contribution in [0.25, 0.3) is 0 Å². The maximum Gasteiger partial charge on any atom is 0.311 e. The van der Waals surface area contributed by atoms with Gasteiger partial charge in [-0.2, -0.15) is 0 Å². The number of amides is 1. The predicted octanol–water partition coefficient (Wildman–Crippen LogP) is 3.65. The quantitative estimate of drug-likeness (QED) is 0.820. The molecule has 1 saturated carbocycles. The summed E-state index contributed by atoms with van der Waals surface area (Å²) in [6.45, 7) is 3.63. The maximum absolute atomic E-state index is 13.7. The molecule has 2 rings (SSSR count). The average molecular weight is 356 g/mol. The van der Waals surface area contributed by atoms with Gasteiger partial charge in [-0.05, 0) is 37.8 Å². The lowest BCUT2D eigenvalue weighted by Crippen LogP contribution is -2.46. The normalized spacial score (nSPS) is 21.8. The third-order valence-electron chi connectivity index (χ3n) is 4.50. The van der Waals surface area contributed by atoms with Crippen molar-refractivity contribution < 1.29 is 18.7 Å². The van der Waals surface area contributed by atoms with Gasteiger partial charge in [0.15, 0.2) is 6.10 Å². The Balaban J connectivity index is 1.87. The van der Waals surface area contributed by atoms with Gasteiger partial charge in [-0.1, -0.05) is 37.4 Å². The lowest BCUT2D eigenvalue weighted by molar-refractivity contribution is -0.154. The fourth-order valence-electron chi connectivity index (χ4n) is 2.97. The maximum atomic E-state index is 13.7. The molecule has 1 aliphatic rings. The van der Waals surface area contributed by atoms with E-state index in [1.807, 2.05) is 0 Å². The smallest absolute Gasteiger partial charge is 0.311 e. The van der Waals surface area contributed by atoms with Crippen LogP contribution in [0.4, 0.5) is 4.39 Å². The van der Waals surface area contributed by atoms with Gasteiger partial charge in [-0.25, -0.2) is 4.39 Å². The Morgan fingerprint density at radius 2 is 2.08 bits per heavy atom. The minimum Gasteiger partial charge on any atom is -0.452 e. The highest BCUT2D eigenvalue weighted by molar-refractivity contribution is 6.31. The summed E-state index contributed by atoms with van der Waals surface area (Å²) in [4.78, 5) is 24.2. The van der Waals surface area contributed by atoms with Crippen molar-refractivity contribution in [1.82, 2.24) is 5.32 Å². The Hall–Kier alpha value is -1.62. The summed E-state index contributed by atoms with van der Waals surface area (Å²) >= 11 is 5.89. The van der Waals surface area contributed by atoms with Crippen LogP contribution in [0, 0.1) is 11.7 Å². The summed E-state index contributed by atoms with van der Waals surface area (Å²) in [6.07, 6.45) is 3.08. The van der Waals surface area contributed by atoms with Gasteiger partial charge < -0.3 is 10.1 Å². The second-order valence-corrected chi connectivity index (χ2v) is 6.79. The number of benzene rings is 1. The molecule has 6 heteroatoms. The zero-order chi connectivity index (χ0) is 17.7. The molecule has 0 unspecified atom stereocenters. The molecule has 4 nitrogen and oxygen atoms in total. The Bertz CT molecular complexity index is 588. The Kier molecular flexibility index (Phi) is 6.60. The number of carbonyl (C=O) groups is 2. The molecule has 1 fully saturated rings. The molecule has 1 aromatic carbocycles. The molecule has 0 radical (unpaired) electrons. The Labute approximate surface area is 146 Å². The minimum atomic E-state index is -0.919. The third kappa shape index (κ3) is 4.94. The van der Waals surface area contributed by atoms with Crippen molar-refractivity contribution in [2.45, 2.75) is 58.1 Å². The number of hydrogen-bond donors (Lipinski definition) is 1. The molecule has 0 bridgehead atoms. The molecule has 0 aliphatic heterocycles. The largest absolute Gasteiger partial charge is 0.452 e. The molecule has 24 heavy (non-hydrogen) atoms. The first kappa shape index (κ1) is 18.7. The van der Waals surface area contributed by atoms with Gasteiger partial charge in [0.2, 0.25) is 0 Å². The predicted molar refractivity (Wildman–Crippen MR) is 90.2 cm³/mol. The SMILES string of the molecule is C[C@H](OC(=O)Cc1c(F)cccc1Cl)C(=O)N[C@H]1CCCC[C@H]1C. The van der Waals surface area contributed by atoms with Crippen LogP contribution in [0.3, 0.4) is 0 Å². The van der Waals surface area contributed by atoms with Crippen molar-refractivity contribution in [2.75, 3.05) is 0 Å². The van der Waals surface area contributed by atoms with Crippen molar-refractivity contribution in [1.29, 1.82) is 0 Å². The van der Waals surface area contributed by atoms with Crippen molar-refractivity contribution in [2.24, 2.45) is 5.92 Å². The van der Waals surface area contributed by atoms with E-state index in [4.69, 9.17) is 16.3 Å². The van der Waals surface area contributed by atoms with Gasteiger partial charge in [0.25, 0.3) is 5.91 Å². The molecule has 1 N–H and O–H groups in total. The van der Waals surface area contributed by atoms with E-state index in [9.17, 15) is 14.0 Å². The van der Waals surface area contributed by atoms with Crippen LogP contribution in [0.1, 0.15) is 45.1 Å². The van der Waals surface area contributed by atoms with E-state index in [0.717, 1.165) is 19.3 Å². The van der Waals surface area contributed by atoms with Crippen LogP contribution in [-0.4, -0.2) is 24.0 Å². The van der Waals surface area contributed by atoms with Crippen LogP contribution >= 0.6 is 11.6 Å². The van der Waals surface area contributed by atoms with Gasteiger partial charge >= 0.3 is 5.97 Å². The number of hydrogen-bond acceptors (Lipinski definition) is 3. The number of esters is 1. The zero-order valence-corrected chi connectivity index (χ0v) is 14.7. The lowest BCUT2D eigenvalue weighted by atomic mass is 9.86. The Morgan fingerprint density at radius 1 is 1.38 bits per heavy atom. The molecular formula is C18H23ClFNO3. The monoisotopic (exact) mass is 355 g/mol. The summed E-state index contributed by atoms with van der Waals surface area (Å²) in [5, 5.41) is 3.11. The van der Waals surface area contributed by atoms with Crippen molar-refractivity contribution in [3.05, 3.63) is 34.6 Å². The molecule has 0 spiro atoms. The van der Waals surface area contributed by atoms with Crippen LogP contribution in [0.2, 0.25) is 5.02 Å². The van der Waals surface area contributed by atoms with Gasteiger partial charge in [0, 0.05) is 16.6 Å². The molecule has 0 heterocycles. The summed E-state index contributed by atoms with van der Waals surface area (Å²) < 4.78 is 18.8. The van der Waals surface area contributed by atoms with E-state index in [1.165, 1.54) is 31.5 Å². The highest BCUT2D eigenvalue weighted by Gasteiger charge is 2.26. The minimum absolute atomic E-state index is 0.0812. The summed E-state index contributed by atoms with van der Waals surface area (Å²) in [5.41, 5.74) is 0.0812.